The summed E-state index contributed by atoms with van der Waals surface area (Å²) in [5.41, 5.74) is 0.908. The van der Waals surface area contributed by atoms with Crippen LogP contribution in [0.15, 0.2) is 59.2 Å². The summed E-state index contributed by atoms with van der Waals surface area (Å²) >= 11 is 9.14. The number of amides is 1. The van der Waals surface area contributed by atoms with Crippen LogP contribution in [0.1, 0.15) is 15.9 Å². The van der Waals surface area contributed by atoms with Crippen molar-refractivity contribution in [2.24, 2.45) is 0 Å². The van der Waals surface area contributed by atoms with Crippen LogP contribution in [0.4, 0.5) is 10.2 Å². The van der Waals surface area contributed by atoms with E-state index in [1.54, 1.807) is 29.1 Å². The Morgan fingerprint density at radius 2 is 2.08 bits per heavy atom. The summed E-state index contributed by atoms with van der Waals surface area (Å²) in [6.07, 6.45) is 1.57. The molecule has 1 heterocycles. The first-order chi connectivity index (χ1) is 11.5. The Morgan fingerprint density at radius 1 is 1.25 bits per heavy atom. The highest BCUT2D eigenvalue weighted by Gasteiger charge is 2.14. The zero-order valence-electron chi connectivity index (χ0n) is 12.3. The van der Waals surface area contributed by atoms with Crippen LogP contribution in [0.25, 0.3) is 0 Å². The number of nitrogens with zero attached hydrogens (tertiary/aromatic N) is 2. The summed E-state index contributed by atoms with van der Waals surface area (Å²) in [6, 6.07) is 13.3. The van der Waals surface area contributed by atoms with Crippen LogP contribution in [0.5, 0.6) is 0 Å². The number of nitrogens with one attached hydrogen (secondary N) is 1. The first-order valence-electron chi connectivity index (χ1n) is 7.05. The second-order valence-electron chi connectivity index (χ2n) is 5.08. The zero-order chi connectivity index (χ0) is 17.1. The maximum Gasteiger partial charge on any atom is 0.259 e. The molecule has 0 bridgehead atoms. The normalized spacial score (nSPS) is 10.6. The van der Waals surface area contributed by atoms with Gasteiger partial charge in [0, 0.05) is 15.6 Å². The van der Waals surface area contributed by atoms with Gasteiger partial charge in [-0.05, 0) is 35.9 Å². The molecule has 0 aliphatic heterocycles. The van der Waals surface area contributed by atoms with Crippen LogP contribution in [0.3, 0.4) is 0 Å². The maximum atomic E-state index is 13.9. The quantitative estimate of drug-likeness (QED) is 0.678. The number of benzene rings is 2. The second kappa shape index (κ2) is 7.15. The molecule has 24 heavy (non-hydrogen) atoms. The van der Waals surface area contributed by atoms with Crippen molar-refractivity contribution in [3.63, 3.8) is 0 Å². The number of aromatic nitrogens is 2. The smallest absolute Gasteiger partial charge is 0.259 e. The van der Waals surface area contributed by atoms with Crippen molar-refractivity contribution in [2.45, 2.75) is 6.54 Å². The SMILES string of the molecule is O=C(Nc1ccnn1Cc1cccc(Cl)c1)c1ccc(Br)cc1F. The molecule has 0 atom stereocenters. The summed E-state index contributed by atoms with van der Waals surface area (Å²) in [5, 5.41) is 7.48. The maximum absolute atomic E-state index is 13.9. The molecule has 1 aromatic heterocycles. The second-order valence-corrected chi connectivity index (χ2v) is 6.43. The fraction of sp³-hybridized carbons (Fsp3) is 0.0588. The largest absolute Gasteiger partial charge is 0.307 e. The Labute approximate surface area is 151 Å². The van der Waals surface area contributed by atoms with E-state index < -0.39 is 11.7 Å². The van der Waals surface area contributed by atoms with E-state index >= 15 is 0 Å². The van der Waals surface area contributed by atoms with Gasteiger partial charge >= 0.3 is 0 Å². The highest BCUT2D eigenvalue weighted by atomic mass is 79.9. The Hall–Kier alpha value is -2.18. The van der Waals surface area contributed by atoms with Crippen molar-refractivity contribution >= 4 is 39.3 Å². The van der Waals surface area contributed by atoms with E-state index in [0.717, 1.165) is 5.56 Å². The lowest BCUT2D eigenvalue weighted by Gasteiger charge is -2.10. The molecule has 0 saturated carbocycles. The van der Waals surface area contributed by atoms with Crippen LogP contribution in [0.2, 0.25) is 5.02 Å². The lowest BCUT2D eigenvalue weighted by Crippen LogP contribution is -2.17. The summed E-state index contributed by atoms with van der Waals surface area (Å²) < 4.78 is 16.1. The molecule has 1 N–H and O–H groups in total. The van der Waals surface area contributed by atoms with Crippen LogP contribution >= 0.6 is 27.5 Å². The predicted molar refractivity (Wildman–Crippen MR) is 94.8 cm³/mol. The average Bonchev–Trinajstić information content (AvgIpc) is 2.94. The van der Waals surface area contributed by atoms with Gasteiger partial charge in [0.15, 0.2) is 0 Å². The van der Waals surface area contributed by atoms with Crippen molar-refractivity contribution in [3.8, 4) is 0 Å². The van der Waals surface area contributed by atoms with Crippen LogP contribution in [0, 0.1) is 5.82 Å². The summed E-state index contributed by atoms with van der Waals surface area (Å²) in [5.74, 6) is -0.655. The fourth-order valence-electron chi connectivity index (χ4n) is 2.23. The minimum absolute atomic E-state index is 0.0336. The molecule has 4 nitrogen and oxygen atoms in total. The van der Waals surface area contributed by atoms with E-state index in [2.05, 4.69) is 26.3 Å². The average molecular weight is 409 g/mol. The summed E-state index contributed by atoms with van der Waals surface area (Å²) in [6.45, 7) is 0.437. The number of halogens is 3. The zero-order valence-corrected chi connectivity index (χ0v) is 14.7. The molecule has 3 rings (SSSR count). The van der Waals surface area contributed by atoms with Gasteiger partial charge in [0.1, 0.15) is 11.6 Å². The molecule has 0 spiro atoms. The Bertz CT molecular complexity index is 897. The van der Waals surface area contributed by atoms with Crippen molar-refractivity contribution in [1.82, 2.24) is 9.78 Å². The minimum Gasteiger partial charge on any atom is -0.307 e. The Morgan fingerprint density at radius 3 is 2.83 bits per heavy atom. The monoisotopic (exact) mass is 407 g/mol. The first kappa shape index (κ1) is 16.7. The highest BCUT2D eigenvalue weighted by molar-refractivity contribution is 9.10. The van der Waals surface area contributed by atoms with E-state index in [4.69, 9.17) is 11.6 Å². The van der Waals surface area contributed by atoms with E-state index in [1.165, 1.54) is 12.1 Å². The van der Waals surface area contributed by atoms with Crippen molar-refractivity contribution in [2.75, 3.05) is 5.32 Å². The molecule has 2 aromatic carbocycles. The van der Waals surface area contributed by atoms with E-state index in [1.807, 2.05) is 18.2 Å². The van der Waals surface area contributed by atoms with Gasteiger partial charge in [-0.3, -0.25) is 4.79 Å². The van der Waals surface area contributed by atoms with Gasteiger partial charge in [0.2, 0.25) is 0 Å². The molecule has 0 fully saturated rings. The summed E-state index contributed by atoms with van der Waals surface area (Å²) in [7, 11) is 0. The predicted octanol–water partition coefficient (Wildman–Crippen LogP) is 4.74. The third kappa shape index (κ3) is 3.83. The standard InChI is InChI=1S/C17H12BrClFN3O/c18-12-4-5-14(15(20)9-12)17(24)22-16-6-7-21-23(16)10-11-2-1-3-13(19)8-11/h1-9H,10H2,(H,22,24). The molecule has 0 radical (unpaired) electrons. The molecule has 7 heteroatoms. The summed E-state index contributed by atoms with van der Waals surface area (Å²) in [4.78, 5) is 12.3. The Kier molecular flexibility index (Phi) is 4.97. The van der Waals surface area contributed by atoms with Crippen LogP contribution < -0.4 is 5.32 Å². The van der Waals surface area contributed by atoms with Gasteiger partial charge in [-0.2, -0.15) is 5.10 Å². The number of anilines is 1. The number of carbonyl (C=O) groups is 1. The number of hydrogen-bond acceptors (Lipinski definition) is 2. The first-order valence-corrected chi connectivity index (χ1v) is 8.23. The third-order valence-corrected chi connectivity index (χ3v) is 4.08. The molecule has 122 valence electrons. The minimum atomic E-state index is -0.595. The van der Waals surface area contributed by atoms with Gasteiger partial charge in [-0.25, -0.2) is 9.07 Å². The number of carbonyl (C=O) groups excluding carboxylic acids is 1. The third-order valence-electron chi connectivity index (χ3n) is 3.36. The molecule has 0 unspecified atom stereocenters. The number of hydrogen-bond donors (Lipinski definition) is 1. The lowest BCUT2D eigenvalue weighted by molar-refractivity contribution is 0.102. The van der Waals surface area contributed by atoms with Crippen LogP contribution in [-0.2, 0) is 6.54 Å². The van der Waals surface area contributed by atoms with Gasteiger partial charge < -0.3 is 5.32 Å². The molecule has 3 aromatic rings. The van der Waals surface area contributed by atoms with Gasteiger partial charge in [0.25, 0.3) is 5.91 Å². The molecule has 0 aliphatic rings. The van der Waals surface area contributed by atoms with Gasteiger partial charge in [-0.1, -0.05) is 39.7 Å². The topological polar surface area (TPSA) is 46.9 Å². The molecule has 0 saturated heterocycles. The van der Waals surface area contributed by atoms with E-state index in [9.17, 15) is 9.18 Å². The Balaban J connectivity index is 1.79. The van der Waals surface area contributed by atoms with E-state index in [-0.39, 0.29) is 5.56 Å². The molecular weight excluding hydrogens is 397 g/mol. The van der Waals surface area contributed by atoms with Crippen molar-refractivity contribution in [3.05, 3.63) is 81.2 Å². The molecule has 0 aliphatic carbocycles. The van der Waals surface area contributed by atoms with Gasteiger partial charge in [-0.15, -0.1) is 0 Å². The lowest BCUT2D eigenvalue weighted by atomic mass is 10.2. The van der Waals surface area contributed by atoms with E-state index in [0.29, 0.717) is 21.9 Å². The number of rotatable bonds is 4. The highest BCUT2D eigenvalue weighted by Crippen LogP contribution is 2.18. The van der Waals surface area contributed by atoms with Crippen molar-refractivity contribution < 1.29 is 9.18 Å². The molecule has 1 amide bonds. The van der Waals surface area contributed by atoms with Crippen molar-refractivity contribution in [1.29, 1.82) is 0 Å². The molecular formula is C17H12BrClFN3O. The van der Waals surface area contributed by atoms with Gasteiger partial charge in [0.05, 0.1) is 18.3 Å². The van der Waals surface area contributed by atoms with Crippen LogP contribution in [-0.4, -0.2) is 15.7 Å². The fourth-order valence-corrected chi connectivity index (χ4v) is 2.78.